The number of nitrogens with zero attached hydrogens (tertiary/aromatic N) is 4. The maximum Gasteiger partial charge on any atom is 0.410 e. The van der Waals surface area contributed by atoms with E-state index < -0.39 is 5.60 Å². The summed E-state index contributed by atoms with van der Waals surface area (Å²) in [6.45, 7) is 6.77. The number of hydrogen-bond donors (Lipinski definition) is 1. The van der Waals surface area contributed by atoms with E-state index in [0.29, 0.717) is 42.8 Å². The Balaban J connectivity index is 1.52. The van der Waals surface area contributed by atoms with Gasteiger partial charge in [0, 0.05) is 32.0 Å². The molecule has 8 nitrogen and oxygen atoms in total. The Labute approximate surface area is 169 Å². The second kappa shape index (κ2) is 8.60. The lowest BCUT2D eigenvalue weighted by atomic mass is 10.1. The van der Waals surface area contributed by atoms with Crippen LogP contribution >= 0.6 is 11.6 Å². The molecule has 1 aliphatic rings. The molecule has 0 spiro atoms. The van der Waals surface area contributed by atoms with Crippen LogP contribution in [0.25, 0.3) is 0 Å². The second-order valence-electron chi connectivity index (χ2n) is 7.52. The molecule has 0 atom stereocenters. The predicted molar refractivity (Wildman–Crippen MR) is 106 cm³/mol. The fraction of sp³-hybridized carbons (Fsp3) is 0.474. The third-order valence-electron chi connectivity index (χ3n) is 4.02. The Morgan fingerprint density at radius 2 is 1.96 bits per heavy atom. The van der Waals surface area contributed by atoms with E-state index in [1.807, 2.05) is 26.8 Å². The van der Waals surface area contributed by atoms with Crippen LogP contribution in [0, 0.1) is 0 Å². The van der Waals surface area contributed by atoms with Crippen molar-refractivity contribution in [3.63, 3.8) is 0 Å². The molecule has 0 aromatic carbocycles. The van der Waals surface area contributed by atoms with Crippen molar-refractivity contribution in [1.82, 2.24) is 19.9 Å². The van der Waals surface area contributed by atoms with Gasteiger partial charge in [-0.1, -0.05) is 11.6 Å². The molecule has 2 aromatic heterocycles. The number of aromatic nitrogens is 3. The van der Waals surface area contributed by atoms with Crippen molar-refractivity contribution < 1.29 is 14.3 Å². The Morgan fingerprint density at radius 3 is 2.61 bits per heavy atom. The SMILES string of the molecule is CC(C)(C)OC(=O)N1CCC(Oc2cc(Nc3ccc(Cl)nc3)ncn2)CC1. The van der Waals surface area contributed by atoms with Gasteiger partial charge in [-0.15, -0.1) is 0 Å². The summed E-state index contributed by atoms with van der Waals surface area (Å²) in [6, 6.07) is 5.24. The summed E-state index contributed by atoms with van der Waals surface area (Å²) in [5.74, 6) is 1.08. The standard InChI is InChI=1S/C19H24ClN5O3/c1-19(2,3)28-18(26)25-8-6-14(7-9-25)27-17-10-16(22-12-23-17)24-13-4-5-15(20)21-11-13/h4-5,10-12,14H,6-9H2,1-3H3,(H,22,23,24). The largest absolute Gasteiger partial charge is 0.474 e. The highest BCUT2D eigenvalue weighted by molar-refractivity contribution is 6.29. The fourth-order valence-corrected chi connectivity index (χ4v) is 2.84. The number of pyridine rings is 1. The molecule has 1 fully saturated rings. The molecule has 9 heteroatoms. The van der Waals surface area contributed by atoms with Gasteiger partial charge >= 0.3 is 6.09 Å². The average Bonchev–Trinajstić information content (AvgIpc) is 2.63. The Bertz CT molecular complexity index is 802. The Hall–Kier alpha value is -2.61. The van der Waals surface area contributed by atoms with Gasteiger partial charge in [0.15, 0.2) is 0 Å². The molecule has 2 aromatic rings. The number of anilines is 2. The predicted octanol–water partition coefficient (Wildman–Crippen LogP) is 4.05. The van der Waals surface area contributed by atoms with Gasteiger partial charge in [-0.3, -0.25) is 0 Å². The summed E-state index contributed by atoms with van der Waals surface area (Å²) in [6.07, 6.45) is 4.20. The average molecular weight is 406 g/mol. The molecule has 3 heterocycles. The topological polar surface area (TPSA) is 89.5 Å². The number of carbonyl (C=O) groups excluding carboxylic acids is 1. The van der Waals surface area contributed by atoms with Crippen LogP contribution in [-0.4, -0.2) is 50.7 Å². The number of piperidine rings is 1. The summed E-state index contributed by atoms with van der Waals surface area (Å²) in [4.78, 5) is 26.2. The molecule has 1 saturated heterocycles. The minimum atomic E-state index is -0.492. The van der Waals surface area contributed by atoms with Crippen molar-refractivity contribution in [3.8, 4) is 5.88 Å². The van der Waals surface area contributed by atoms with Gasteiger partial charge in [0.1, 0.15) is 29.0 Å². The zero-order valence-corrected chi connectivity index (χ0v) is 16.9. The van der Waals surface area contributed by atoms with Gasteiger partial charge in [0.05, 0.1) is 11.9 Å². The van der Waals surface area contributed by atoms with E-state index in [-0.39, 0.29) is 12.2 Å². The van der Waals surface area contributed by atoms with Crippen molar-refractivity contribution in [2.45, 2.75) is 45.3 Å². The molecular formula is C19H24ClN5O3. The number of halogens is 1. The molecule has 150 valence electrons. The summed E-state index contributed by atoms with van der Waals surface area (Å²) in [5, 5.41) is 3.56. The molecule has 0 radical (unpaired) electrons. The van der Waals surface area contributed by atoms with Crippen LogP contribution in [0.15, 0.2) is 30.7 Å². The summed E-state index contributed by atoms with van der Waals surface area (Å²) in [7, 11) is 0. The Kier molecular flexibility index (Phi) is 6.18. The number of rotatable bonds is 4. The van der Waals surface area contributed by atoms with E-state index in [2.05, 4.69) is 20.3 Å². The smallest absolute Gasteiger partial charge is 0.410 e. The highest BCUT2D eigenvalue weighted by Crippen LogP contribution is 2.22. The van der Waals surface area contributed by atoms with E-state index in [1.54, 1.807) is 23.2 Å². The lowest BCUT2D eigenvalue weighted by molar-refractivity contribution is 0.0123. The van der Waals surface area contributed by atoms with Crippen LogP contribution < -0.4 is 10.1 Å². The van der Waals surface area contributed by atoms with E-state index in [0.717, 1.165) is 5.69 Å². The van der Waals surface area contributed by atoms with Crippen LogP contribution in [0.3, 0.4) is 0 Å². The first-order valence-electron chi connectivity index (χ1n) is 9.14. The number of hydrogen-bond acceptors (Lipinski definition) is 7. The van der Waals surface area contributed by atoms with Crippen LogP contribution in [0.4, 0.5) is 16.3 Å². The maximum atomic E-state index is 12.1. The van der Waals surface area contributed by atoms with E-state index in [4.69, 9.17) is 21.1 Å². The third-order valence-corrected chi connectivity index (χ3v) is 4.25. The normalized spacial score (nSPS) is 15.2. The molecule has 1 N–H and O–H groups in total. The maximum absolute atomic E-state index is 12.1. The zero-order chi connectivity index (χ0) is 20.1. The molecule has 1 aliphatic heterocycles. The lowest BCUT2D eigenvalue weighted by Gasteiger charge is -2.33. The lowest BCUT2D eigenvalue weighted by Crippen LogP contribution is -2.44. The summed E-state index contributed by atoms with van der Waals surface area (Å²) >= 11 is 5.79. The zero-order valence-electron chi connectivity index (χ0n) is 16.2. The molecular weight excluding hydrogens is 382 g/mol. The number of carbonyl (C=O) groups is 1. The minimum absolute atomic E-state index is 0.0152. The van der Waals surface area contributed by atoms with Crippen LogP contribution in [0.1, 0.15) is 33.6 Å². The van der Waals surface area contributed by atoms with Crippen molar-refractivity contribution in [3.05, 3.63) is 35.9 Å². The highest BCUT2D eigenvalue weighted by atomic mass is 35.5. The molecule has 1 amide bonds. The summed E-state index contributed by atoms with van der Waals surface area (Å²) < 4.78 is 11.4. The van der Waals surface area contributed by atoms with Crippen molar-refractivity contribution in [1.29, 1.82) is 0 Å². The number of likely N-dealkylation sites (tertiary alicyclic amines) is 1. The summed E-state index contributed by atoms with van der Waals surface area (Å²) in [5.41, 5.74) is 0.272. The monoisotopic (exact) mass is 405 g/mol. The van der Waals surface area contributed by atoms with E-state index in [1.165, 1.54) is 6.33 Å². The molecule has 0 unspecified atom stereocenters. The van der Waals surface area contributed by atoms with Crippen molar-refractivity contribution in [2.75, 3.05) is 18.4 Å². The first-order valence-corrected chi connectivity index (χ1v) is 9.51. The highest BCUT2D eigenvalue weighted by Gasteiger charge is 2.27. The number of ether oxygens (including phenoxy) is 2. The Morgan fingerprint density at radius 1 is 1.21 bits per heavy atom. The quantitative estimate of drug-likeness (QED) is 0.767. The molecule has 0 aliphatic carbocycles. The number of nitrogens with one attached hydrogen (secondary N) is 1. The van der Waals surface area contributed by atoms with Gasteiger partial charge < -0.3 is 19.7 Å². The van der Waals surface area contributed by atoms with Crippen LogP contribution in [0.5, 0.6) is 5.88 Å². The van der Waals surface area contributed by atoms with E-state index >= 15 is 0 Å². The van der Waals surface area contributed by atoms with Gasteiger partial charge in [0.25, 0.3) is 0 Å². The molecule has 0 bridgehead atoms. The third kappa shape index (κ3) is 5.95. The first kappa shape index (κ1) is 20.1. The van der Waals surface area contributed by atoms with Crippen LogP contribution in [-0.2, 0) is 4.74 Å². The van der Waals surface area contributed by atoms with Gasteiger partial charge in [-0.25, -0.2) is 19.7 Å². The first-order chi connectivity index (χ1) is 13.3. The molecule has 28 heavy (non-hydrogen) atoms. The van der Waals surface area contributed by atoms with Crippen LogP contribution in [0.2, 0.25) is 5.15 Å². The van der Waals surface area contributed by atoms with Gasteiger partial charge in [-0.2, -0.15) is 0 Å². The van der Waals surface area contributed by atoms with Gasteiger partial charge in [0.2, 0.25) is 5.88 Å². The van der Waals surface area contributed by atoms with E-state index in [9.17, 15) is 4.79 Å². The second-order valence-corrected chi connectivity index (χ2v) is 7.91. The molecule has 0 saturated carbocycles. The van der Waals surface area contributed by atoms with Crippen molar-refractivity contribution in [2.24, 2.45) is 0 Å². The molecule has 3 rings (SSSR count). The minimum Gasteiger partial charge on any atom is -0.474 e. The number of amides is 1. The fourth-order valence-electron chi connectivity index (χ4n) is 2.72. The van der Waals surface area contributed by atoms with Crippen molar-refractivity contribution >= 4 is 29.2 Å². The van der Waals surface area contributed by atoms with Gasteiger partial charge in [-0.05, 0) is 32.9 Å².